The fourth-order valence-electron chi connectivity index (χ4n) is 2.51. The molecule has 0 bridgehead atoms. The Labute approximate surface area is 135 Å². The highest BCUT2D eigenvalue weighted by Crippen LogP contribution is 2.21. The third-order valence-corrected chi connectivity index (χ3v) is 4.01. The van der Waals surface area contributed by atoms with Gasteiger partial charge in [0, 0.05) is 17.0 Å². The predicted molar refractivity (Wildman–Crippen MR) is 86.9 cm³/mol. The zero-order valence-corrected chi connectivity index (χ0v) is 13.9. The molecule has 0 saturated carbocycles. The number of amides is 1. The van der Waals surface area contributed by atoms with Gasteiger partial charge in [-0.25, -0.2) is 0 Å². The Bertz CT molecular complexity index is 632. The molecule has 1 aromatic heterocycles. The summed E-state index contributed by atoms with van der Waals surface area (Å²) in [5.74, 6) is 0.805. The molecule has 0 radical (unpaired) electrons. The van der Waals surface area contributed by atoms with Crippen molar-refractivity contribution in [2.24, 2.45) is 0 Å². The van der Waals surface area contributed by atoms with Crippen LogP contribution in [-0.4, -0.2) is 11.1 Å². The van der Waals surface area contributed by atoms with Gasteiger partial charge in [0.05, 0.1) is 11.7 Å². The number of hydrogen-bond donors (Lipinski definition) is 1. The molecule has 2 aromatic rings. The van der Waals surface area contributed by atoms with Gasteiger partial charge in [-0.05, 0) is 44.4 Å². The molecule has 1 atom stereocenters. The lowest BCUT2D eigenvalue weighted by atomic mass is 10.0. The number of carbonyl (C=O) groups is 1. The predicted octanol–water partition coefficient (Wildman–Crippen LogP) is 4.14. The van der Waals surface area contributed by atoms with E-state index in [1.165, 1.54) is 0 Å². The van der Waals surface area contributed by atoms with E-state index in [0.717, 1.165) is 29.0 Å². The van der Waals surface area contributed by atoms with Crippen molar-refractivity contribution in [2.75, 3.05) is 0 Å². The molecule has 4 nitrogen and oxygen atoms in total. The van der Waals surface area contributed by atoms with Crippen molar-refractivity contribution in [2.45, 2.75) is 46.1 Å². The van der Waals surface area contributed by atoms with Crippen LogP contribution in [0.3, 0.4) is 0 Å². The second kappa shape index (κ2) is 7.45. The maximum absolute atomic E-state index is 12.2. The van der Waals surface area contributed by atoms with Gasteiger partial charge in [-0.2, -0.15) is 0 Å². The first-order chi connectivity index (χ1) is 10.5. The second-order valence-corrected chi connectivity index (χ2v) is 5.82. The molecule has 1 amide bonds. The standard InChI is InChI=1S/C17H21ClN2O2/c1-4-16(13-6-5-7-14(18)10-13)19-17(21)9-8-15-11(2)20-22-12(15)3/h5-7,10,16H,4,8-9H2,1-3H3,(H,19,21). The van der Waals surface area contributed by atoms with E-state index in [9.17, 15) is 4.79 Å². The van der Waals surface area contributed by atoms with E-state index in [1.54, 1.807) is 0 Å². The van der Waals surface area contributed by atoms with Crippen LogP contribution in [-0.2, 0) is 11.2 Å². The van der Waals surface area contributed by atoms with Crippen molar-refractivity contribution in [3.63, 3.8) is 0 Å². The number of aromatic nitrogens is 1. The molecule has 0 fully saturated rings. The SMILES string of the molecule is CCC(NC(=O)CCc1c(C)noc1C)c1cccc(Cl)c1. The number of nitrogens with one attached hydrogen (secondary N) is 1. The molecule has 118 valence electrons. The average molecular weight is 321 g/mol. The van der Waals surface area contributed by atoms with Crippen LogP contribution in [0.2, 0.25) is 5.02 Å². The van der Waals surface area contributed by atoms with Crippen LogP contribution in [0.15, 0.2) is 28.8 Å². The minimum Gasteiger partial charge on any atom is -0.361 e. The summed E-state index contributed by atoms with van der Waals surface area (Å²) in [5, 5.41) is 7.65. The summed E-state index contributed by atoms with van der Waals surface area (Å²) in [6, 6.07) is 7.59. The fourth-order valence-corrected chi connectivity index (χ4v) is 2.71. The van der Waals surface area contributed by atoms with E-state index in [-0.39, 0.29) is 11.9 Å². The number of benzene rings is 1. The molecule has 0 aliphatic heterocycles. The van der Waals surface area contributed by atoms with Crippen molar-refractivity contribution in [1.29, 1.82) is 0 Å². The van der Waals surface area contributed by atoms with E-state index in [1.807, 2.05) is 45.0 Å². The topological polar surface area (TPSA) is 55.1 Å². The Hall–Kier alpha value is -1.81. The van der Waals surface area contributed by atoms with E-state index in [0.29, 0.717) is 17.9 Å². The first-order valence-electron chi connectivity index (χ1n) is 7.47. The van der Waals surface area contributed by atoms with Crippen LogP contribution in [0.25, 0.3) is 0 Å². The second-order valence-electron chi connectivity index (χ2n) is 5.39. The minimum absolute atomic E-state index is 0.0177. The van der Waals surface area contributed by atoms with Crippen LogP contribution < -0.4 is 5.32 Å². The minimum atomic E-state index is -0.0177. The molecule has 0 aliphatic carbocycles. The summed E-state index contributed by atoms with van der Waals surface area (Å²) in [4.78, 5) is 12.2. The van der Waals surface area contributed by atoms with Gasteiger partial charge < -0.3 is 9.84 Å². The van der Waals surface area contributed by atoms with Gasteiger partial charge >= 0.3 is 0 Å². The highest BCUT2D eigenvalue weighted by Gasteiger charge is 2.15. The molecule has 1 heterocycles. The van der Waals surface area contributed by atoms with E-state index >= 15 is 0 Å². The quantitative estimate of drug-likeness (QED) is 0.870. The van der Waals surface area contributed by atoms with Crippen LogP contribution in [0.5, 0.6) is 0 Å². The number of hydrogen-bond acceptors (Lipinski definition) is 3. The molecule has 0 saturated heterocycles. The Balaban J connectivity index is 1.95. The Morgan fingerprint density at radius 3 is 2.77 bits per heavy atom. The normalized spacial score (nSPS) is 12.2. The van der Waals surface area contributed by atoms with Crippen molar-refractivity contribution < 1.29 is 9.32 Å². The molecule has 0 aliphatic rings. The van der Waals surface area contributed by atoms with Crippen LogP contribution in [0.1, 0.15) is 48.4 Å². The van der Waals surface area contributed by atoms with Gasteiger partial charge in [0.15, 0.2) is 0 Å². The van der Waals surface area contributed by atoms with E-state index in [2.05, 4.69) is 10.5 Å². The summed E-state index contributed by atoms with van der Waals surface area (Å²) in [6.45, 7) is 5.80. The number of rotatable bonds is 6. The molecule has 0 spiro atoms. The molecule has 1 unspecified atom stereocenters. The lowest BCUT2D eigenvalue weighted by Gasteiger charge is -2.17. The molecule has 22 heavy (non-hydrogen) atoms. The summed E-state index contributed by atoms with van der Waals surface area (Å²) >= 11 is 6.02. The Morgan fingerprint density at radius 2 is 2.18 bits per heavy atom. The van der Waals surface area contributed by atoms with Gasteiger partial charge in [-0.1, -0.05) is 35.8 Å². The monoisotopic (exact) mass is 320 g/mol. The van der Waals surface area contributed by atoms with Gasteiger partial charge in [-0.3, -0.25) is 4.79 Å². The van der Waals surface area contributed by atoms with E-state index < -0.39 is 0 Å². The molecule has 5 heteroatoms. The summed E-state index contributed by atoms with van der Waals surface area (Å²) < 4.78 is 5.12. The van der Waals surface area contributed by atoms with Crippen LogP contribution >= 0.6 is 11.6 Å². The van der Waals surface area contributed by atoms with Crippen molar-refractivity contribution >= 4 is 17.5 Å². The van der Waals surface area contributed by atoms with Gasteiger partial charge in [0.25, 0.3) is 0 Å². The van der Waals surface area contributed by atoms with Crippen molar-refractivity contribution in [1.82, 2.24) is 10.5 Å². The lowest BCUT2D eigenvalue weighted by molar-refractivity contribution is -0.121. The number of aryl methyl sites for hydroxylation is 2. The zero-order chi connectivity index (χ0) is 16.1. The highest BCUT2D eigenvalue weighted by molar-refractivity contribution is 6.30. The van der Waals surface area contributed by atoms with Gasteiger partial charge in [-0.15, -0.1) is 0 Å². The fraction of sp³-hybridized carbons (Fsp3) is 0.412. The van der Waals surface area contributed by atoms with E-state index in [4.69, 9.17) is 16.1 Å². The molecule has 2 rings (SSSR count). The Morgan fingerprint density at radius 1 is 1.41 bits per heavy atom. The average Bonchev–Trinajstić information content (AvgIpc) is 2.81. The zero-order valence-electron chi connectivity index (χ0n) is 13.1. The third kappa shape index (κ3) is 4.10. The Kier molecular flexibility index (Phi) is 5.61. The number of halogens is 1. The van der Waals surface area contributed by atoms with Crippen molar-refractivity contribution in [3.05, 3.63) is 51.9 Å². The van der Waals surface area contributed by atoms with Gasteiger partial charge in [0.1, 0.15) is 5.76 Å². The lowest BCUT2D eigenvalue weighted by Crippen LogP contribution is -2.28. The molecular weight excluding hydrogens is 300 g/mol. The molecule has 1 aromatic carbocycles. The first-order valence-corrected chi connectivity index (χ1v) is 7.85. The maximum Gasteiger partial charge on any atom is 0.220 e. The highest BCUT2D eigenvalue weighted by atomic mass is 35.5. The summed E-state index contributed by atoms with van der Waals surface area (Å²) in [7, 11) is 0. The van der Waals surface area contributed by atoms with Crippen LogP contribution in [0.4, 0.5) is 0 Å². The third-order valence-electron chi connectivity index (χ3n) is 3.78. The summed E-state index contributed by atoms with van der Waals surface area (Å²) in [5.41, 5.74) is 2.90. The first kappa shape index (κ1) is 16.6. The molecular formula is C17H21ClN2O2. The van der Waals surface area contributed by atoms with Crippen molar-refractivity contribution in [3.8, 4) is 0 Å². The number of nitrogens with zero attached hydrogens (tertiary/aromatic N) is 1. The largest absolute Gasteiger partial charge is 0.361 e. The molecule has 1 N–H and O–H groups in total. The van der Waals surface area contributed by atoms with Crippen LogP contribution in [0, 0.1) is 13.8 Å². The summed E-state index contributed by atoms with van der Waals surface area (Å²) in [6.07, 6.45) is 1.87. The maximum atomic E-state index is 12.2. The number of carbonyl (C=O) groups excluding carboxylic acids is 1. The smallest absolute Gasteiger partial charge is 0.220 e. The van der Waals surface area contributed by atoms with Gasteiger partial charge in [0.2, 0.25) is 5.91 Å².